The molecule has 21 heteroatoms. The van der Waals surface area contributed by atoms with Gasteiger partial charge in [0.2, 0.25) is 5.69 Å². The van der Waals surface area contributed by atoms with Crippen molar-refractivity contribution in [2.75, 3.05) is 29.5 Å². The zero-order valence-electron chi connectivity index (χ0n) is 35.0. The molecule has 2 aliphatic rings. The Morgan fingerprint density at radius 1 is 0.883 bits per heavy atom. The van der Waals surface area contributed by atoms with Crippen LogP contribution in [0.5, 0.6) is 0 Å². The molecule has 2 aliphatic heterocycles. The summed E-state index contributed by atoms with van der Waals surface area (Å²) < 4.78 is 83.1. The molecule has 60 heavy (non-hydrogen) atoms. The van der Waals surface area contributed by atoms with Gasteiger partial charge in [-0.2, -0.15) is 13.2 Å². The summed E-state index contributed by atoms with van der Waals surface area (Å²) in [6.45, 7) is 11.0. The molecule has 0 saturated heterocycles. The van der Waals surface area contributed by atoms with Gasteiger partial charge < -0.3 is 24.5 Å². The largest absolute Gasteiger partial charge is 1.00 e. The van der Waals surface area contributed by atoms with Gasteiger partial charge in [0.05, 0.1) is 32.5 Å². The van der Waals surface area contributed by atoms with Crippen LogP contribution in [0.25, 0.3) is 10.8 Å². The van der Waals surface area contributed by atoms with E-state index in [9.17, 15) is 36.5 Å². The standard InChI is InChI=1S/C39H46N2O12S4.3Na/c1-27(13-10-17-34-38(2,3)30-15-6-7-16-31(30)40(34)22-12-24-56(44,45)46)14-11-18-35-39(4,5)37-32(41(35)21-8-9-23-54-52-50-42)20-19-28-25-29(55-53-51-43)26-33(36(28)37)57(47,48)49;;;/h6-7,10-11,13-20,25-26H,8-9,12,21-24H2,1-5H3,(H3-,42,43,44,45,46,47,48,49);;;/q;3*+1/p-3. The van der Waals surface area contributed by atoms with E-state index in [1.54, 1.807) is 12.1 Å². The third kappa shape index (κ3) is 13.6. The van der Waals surface area contributed by atoms with Gasteiger partial charge >= 0.3 is 88.7 Å². The molecule has 0 fully saturated rings. The Morgan fingerprint density at radius 2 is 1.58 bits per heavy atom. The van der Waals surface area contributed by atoms with E-state index in [1.165, 1.54) is 6.07 Å². The smallest absolute Gasteiger partial charge is 0.748 e. The molecule has 0 atom stereocenters. The molecule has 0 radical (unpaired) electrons. The Kier molecular flexibility index (Phi) is 22.5. The maximum absolute atomic E-state index is 12.7. The van der Waals surface area contributed by atoms with Crippen molar-refractivity contribution >= 4 is 72.2 Å². The van der Waals surface area contributed by atoms with Crippen LogP contribution >= 0.6 is 24.1 Å². The first kappa shape index (κ1) is 55.8. The van der Waals surface area contributed by atoms with Crippen molar-refractivity contribution < 1.29 is 148 Å². The second-order valence-corrected chi connectivity index (χ2v) is 19.0. The summed E-state index contributed by atoms with van der Waals surface area (Å²) >= 11 is 1.39. The maximum Gasteiger partial charge on any atom is 1.00 e. The van der Waals surface area contributed by atoms with Crippen LogP contribution in [0.2, 0.25) is 0 Å². The Bertz CT molecular complexity index is 2370. The minimum absolute atomic E-state index is 0. The first-order valence-corrected chi connectivity index (χ1v) is 22.5. The molecule has 0 unspecified atom stereocenters. The van der Waals surface area contributed by atoms with Gasteiger partial charge in [0.15, 0.2) is 5.71 Å². The van der Waals surface area contributed by atoms with E-state index in [0.29, 0.717) is 54.7 Å². The van der Waals surface area contributed by atoms with Gasteiger partial charge in [-0.25, -0.2) is 16.8 Å². The second kappa shape index (κ2) is 24.2. The minimum Gasteiger partial charge on any atom is -0.748 e. The first-order valence-electron chi connectivity index (χ1n) is 17.9. The first-order chi connectivity index (χ1) is 26.9. The van der Waals surface area contributed by atoms with E-state index in [4.69, 9.17) is 0 Å². The monoisotopic (exact) mass is 928 g/mol. The molecule has 0 aromatic heterocycles. The van der Waals surface area contributed by atoms with Gasteiger partial charge in [-0.3, -0.25) is 10.1 Å². The fourth-order valence-electron chi connectivity index (χ4n) is 7.58. The molecule has 0 N–H and O–H groups in total. The number of allylic oxidation sites excluding steroid dienone is 8. The molecule has 0 bridgehead atoms. The van der Waals surface area contributed by atoms with Crippen molar-refractivity contribution in [2.24, 2.45) is 0 Å². The quantitative estimate of drug-likeness (QED) is 0.0169. The molecule has 14 nitrogen and oxygen atoms in total. The Morgan fingerprint density at radius 3 is 2.25 bits per heavy atom. The van der Waals surface area contributed by atoms with Crippen LogP contribution < -0.4 is 104 Å². The van der Waals surface area contributed by atoms with Gasteiger partial charge in [-0.15, -0.1) is 0 Å². The topological polar surface area (TPSA) is 204 Å². The van der Waals surface area contributed by atoms with E-state index in [-0.39, 0.29) is 111 Å². The summed E-state index contributed by atoms with van der Waals surface area (Å²) in [6, 6.07) is 14.3. The molecular formula is C39H43N2Na3O12S4. The normalized spacial score (nSPS) is 16.6. The average molecular weight is 929 g/mol. The maximum atomic E-state index is 12.7. The van der Waals surface area contributed by atoms with Crippen molar-refractivity contribution in [3.8, 4) is 0 Å². The van der Waals surface area contributed by atoms with Crippen LogP contribution in [-0.2, 0) is 49.8 Å². The third-order valence-electron chi connectivity index (χ3n) is 10.0. The molecule has 0 saturated carbocycles. The summed E-state index contributed by atoms with van der Waals surface area (Å²) in [5.74, 6) is 0.0502. The van der Waals surface area contributed by atoms with E-state index < -0.39 is 36.3 Å². The fourth-order valence-corrected chi connectivity index (χ4v) is 9.76. The van der Waals surface area contributed by atoms with Gasteiger partial charge in [-0.1, -0.05) is 61.9 Å². The summed E-state index contributed by atoms with van der Waals surface area (Å²) in [7, 11) is -9.34. The SMILES string of the molecule is CC(/C=C/C=C1/N(CCCS(=O)(=O)[O-])c2ccccc2C1(C)C)=C\C=C\C1=[N+](CCCCSOO[O-])c2ccc3cc(SOO[O-])cc(S(=O)(=O)[O-])c3c2C1(C)C.[Na+].[Na+].[Na+]. The number of unbranched alkanes of at least 4 members (excludes halogenated alkanes) is 1. The summed E-state index contributed by atoms with van der Waals surface area (Å²) in [6.07, 6.45) is 13.2. The Balaban J connectivity index is 0.00000413. The van der Waals surface area contributed by atoms with Gasteiger partial charge in [-0.05, 0) is 74.9 Å². The van der Waals surface area contributed by atoms with Crippen LogP contribution in [0.3, 0.4) is 0 Å². The van der Waals surface area contributed by atoms with Crippen molar-refractivity contribution in [1.82, 2.24) is 0 Å². The molecular weight excluding hydrogens is 886 g/mol. The second-order valence-electron chi connectivity index (χ2n) is 14.6. The fraction of sp³-hybridized carbons (Fsp3) is 0.359. The van der Waals surface area contributed by atoms with Crippen molar-refractivity contribution in [3.63, 3.8) is 0 Å². The molecule has 0 spiro atoms. The van der Waals surface area contributed by atoms with E-state index >= 15 is 0 Å². The minimum atomic E-state index is -4.99. The number of hydrogen-bond donors (Lipinski definition) is 0. The number of hydrogen-bond acceptors (Lipinski definition) is 15. The number of anilines is 1. The number of nitrogens with zero attached hydrogens (tertiary/aromatic N) is 2. The third-order valence-corrected chi connectivity index (χ3v) is 12.9. The zero-order valence-corrected chi connectivity index (χ0v) is 44.2. The summed E-state index contributed by atoms with van der Waals surface area (Å²) in [5.41, 5.74) is 5.03. The zero-order chi connectivity index (χ0) is 41.6. The predicted octanol–water partition coefficient (Wildman–Crippen LogP) is -3.31. The van der Waals surface area contributed by atoms with Crippen LogP contribution in [0.15, 0.2) is 106 Å². The molecule has 0 aliphatic carbocycles. The van der Waals surface area contributed by atoms with Crippen LogP contribution in [0, 0.1) is 0 Å². The van der Waals surface area contributed by atoms with Crippen molar-refractivity contribution in [2.45, 2.75) is 74.5 Å². The number of fused-ring (bicyclic) bond motifs is 4. The van der Waals surface area contributed by atoms with Crippen LogP contribution in [-0.4, -0.2) is 60.8 Å². The van der Waals surface area contributed by atoms with E-state index in [2.05, 4.69) is 48.1 Å². The predicted molar refractivity (Wildman–Crippen MR) is 213 cm³/mol. The van der Waals surface area contributed by atoms with Crippen molar-refractivity contribution in [3.05, 3.63) is 107 Å². The Hall–Kier alpha value is -0.370. The van der Waals surface area contributed by atoms with E-state index in [1.807, 2.05) is 81.5 Å². The van der Waals surface area contributed by atoms with Crippen LogP contribution in [0.4, 0.5) is 11.4 Å². The molecule has 3 aromatic rings. The number of para-hydroxylation sites is 1. The Labute approximate surface area is 427 Å². The molecule has 308 valence electrons. The van der Waals surface area contributed by atoms with Gasteiger partial charge in [0.1, 0.15) is 16.7 Å². The van der Waals surface area contributed by atoms with E-state index in [0.717, 1.165) is 46.0 Å². The molecule has 0 amide bonds. The van der Waals surface area contributed by atoms with Gasteiger partial charge in [0.25, 0.3) is 0 Å². The average Bonchev–Trinajstić information content (AvgIpc) is 3.49. The number of rotatable bonds is 19. The molecule has 5 rings (SSSR count). The molecule has 3 aromatic carbocycles. The summed E-state index contributed by atoms with van der Waals surface area (Å²) in [5, 5.41) is 28.3. The molecule has 2 heterocycles. The van der Waals surface area contributed by atoms with Gasteiger partial charge in [0, 0.05) is 81.3 Å². The van der Waals surface area contributed by atoms with Crippen molar-refractivity contribution in [1.29, 1.82) is 0 Å². The number of benzene rings is 3. The summed E-state index contributed by atoms with van der Waals surface area (Å²) in [4.78, 5) is 1.81. The van der Waals surface area contributed by atoms with Crippen LogP contribution in [0.1, 0.15) is 65.0 Å².